The molecule has 0 aliphatic carbocycles. The average Bonchev–Trinajstić information content (AvgIpc) is 3.44. The predicted octanol–water partition coefficient (Wildman–Crippen LogP) is 11.4. The van der Waals surface area contributed by atoms with E-state index in [1.54, 1.807) is 6.08 Å². The number of unbranched alkanes of at least 4 members (excludes halogenated alkanes) is 34. The van der Waals surface area contributed by atoms with Crippen LogP contribution in [0.2, 0.25) is 0 Å². The minimum atomic E-state index is -1.79. The molecule has 0 bridgehead atoms. The summed E-state index contributed by atoms with van der Waals surface area (Å²) in [6, 6.07) is -0.932. The normalized spacial score (nSPS) is 24.9. The number of rotatable bonds is 51. The number of hydrogen-bond donors (Lipinski definition) is 9. The molecule has 2 rings (SSSR count). The van der Waals surface area contributed by atoms with Gasteiger partial charge in [-0.2, -0.15) is 0 Å². The number of allylic oxidation sites excluding steroid dienone is 5. The zero-order chi connectivity index (χ0) is 56.0. The number of ether oxygens (including phenoxy) is 4. The molecule has 2 aliphatic heterocycles. The summed E-state index contributed by atoms with van der Waals surface area (Å²) in [5.74, 6) is -0.249. The fraction of sp³-hybridized carbons (Fsp3) is 0.889. The van der Waals surface area contributed by atoms with Crippen LogP contribution in [0.15, 0.2) is 36.5 Å². The number of carbonyl (C=O) groups excluding carboxylic acids is 1. The number of aliphatic hydroxyl groups excluding tert-OH is 8. The van der Waals surface area contributed by atoms with Gasteiger partial charge in [-0.3, -0.25) is 4.79 Å². The van der Waals surface area contributed by atoms with Gasteiger partial charge in [0.25, 0.3) is 0 Å². The van der Waals surface area contributed by atoms with Crippen molar-refractivity contribution >= 4 is 5.91 Å². The second-order valence-electron chi connectivity index (χ2n) is 22.5. The highest BCUT2D eigenvalue weighted by molar-refractivity contribution is 5.76. The van der Waals surface area contributed by atoms with Gasteiger partial charge in [-0.05, 0) is 57.8 Å². The molecule has 12 unspecified atom stereocenters. The standard InChI is InChI=1S/C63H117NO13/c1-3-5-7-9-11-13-15-17-19-21-23-24-25-26-27-29-30-32-34-36-38-40-42-44-46-52(67)51(64-55(68)47-45-43-41-39-37-35-33-31-28-22-20-18-16-14-12-10-8-6-4-2)50-74-62-60(73)58(71)61(54(49-66)76-62)77-63-59(72)57(70)56(69)53(48-65)75-63/h18,20,36,38,44,46,51-54,56-63,65-67,69-73H,3-17,19,21-35,37,39-43,45,47-50H2,1-2H3,(H,64,68)/b20-18-,38-36+,46-44+. The highest BCUT2D eigenvalue weighted by atomic mass is 16.7. The Morgan fingerprint density at radius 3 is 1.27 bits per heavy atom. The Kier molecular flexibility index (Phi) is 45.3. The number of aliphatic hydroxyl groups is 8. The van der Waals surface area contributed by atoms with Gasteiger partial charge < -0.3 is 65.1 Å². The topological polar surface area (TPSA) is 228 Å². The molecule has 2 fully saturated rings. The molecule has 0 aromatic heterocycles. The monoisotopic (exact) mass is 1100 g/mol. The van der Waals surface area contributed by atoms with E-state index < -0.39 is 86.8 Å². The summed E-state index contributed by atoms with van der Waals surface area (Å²) in [5.41, 5.74) is 0. The van der Waals surface area contributed by atoms with Gasteiger partial charge in [0.2, 0.25) is 5.91 Å². The molecule has 9 N–H and O–H groups in total. The lowest BCUT2D eigenvalue weighted by molar-refractivity contribution is -0.359. The van der Waals surface area contributed by atoms with Gasteiger partial charge in [-0.25, -0.2) is 0 Å². The fourth-order valence-electron chi connectivity index (χ4n) is 10.4. The van der Waals surface area contributed by atoms with Gasteiger partial charge in [0.1, 0.15) is 48.8 Å². The minimum absolute atomic E-state index is 0.249. The third-order valence-electron chi connectivity index (χ3n) is 15.5. The first-order valence-electron chi connectivity index (χ1n) is 31.7. The van der Waals surface area contributed by atoms with Crippen LogP contribution >= 0.6 is 0 Å². The van der Waals surface area contributed by atoms with E-state index >= 15 is 0 Å². The smallest absolute Gasteiger partial charge is 0.220 e. The van der Waals surface area contributed by atoms with Crippen molar-refractivity contribution in [3.63, 3.8) is 0 Å². The third kappa shape index (κ3) is 34.3. The average molecular weight is 1100 g/mol. The Hall–Kier alpha value is -1.79. The van der Waals surface area contributed by atoms with Gasteiger partial charge in [0.05, 0.1) is 32.0 Å². The fourth-order valence-corrected chi connectivity index (χ4v) is 10.4. The molecule has 14 nitrogen and oxygen atoms in total. The van der Waals surface area contributed by atoms with E-state index in [9.17, 15) is 45.6 Å². The maximum absolute atomic E-state index is 13.3. The van der Waals surface area contributed by atoms with Crippen molar-refractivity contribution in [3.05, 3.63) is 36.5 Å². The molecule has 1 amide bonds. The first-order chi connectivity index (χ1) is 37.6. The van der Waals surface area contributed by atoms with Crippen molar-refractivity contribution in [2.75, 3.05) is 19.8 Å². The van der Waals surface area contributed by atoms with Crippen LogP contribution in [-0.4, -0.2) is 140 Å². The van der Waals surface area contributed by atoms with Crippen LogP contribution in [0.5, 0.6) is 0 Å². The maximum atomic E-state index is 13.3. The van der Waals surface area contributed by atoms with Crippen molar-refractivity contribution in [2.45, 2.75) is 338 Å². The lowest BCUT2D eigenvalue weighted by Crippen LogP contribution is -2.65. The van der Waals surface area contributed by atoms with Crippen LogP contribution in [-0.2, 0) is 23.7 Å². The molecule has 2 saturated heterocycles. The zero-order valence-electron chi connectivity index (χ0n) is 48.7. The lowest BCUT2D eigenvalue weighted by Gasteiger charge is -2.46. The molecule has 0 saturated carbocycles. The van der Waals surface area contributed by atoms with E-state index in [0.717, 1.165) is 32.1 Å². The molecular formula is C63H117NO13. The first kappa shape index (κ1) is 71.3. The molecule has 12 atom stereocenters. The molecule has 14 heteroatoms. The largest absolute Gasteiger partial charge is 0.394 e. The van der Waals surface area contributed by atoms with Gasteiger partial charge in [-0.1, -0.05) is 237 Å². The molecule has 2 heterocycles. The van der Waals surface area contributed by atoms with Gasteiger partial charge in [0.15, 0.2) is 12.6 Å². The van der Waals surface area contributed by atoms with E-state index in [2.05, 4.69) is 43.5 Å². The minimum Gasteiger partial charge on any atom is -0.394 e. The predicted molar refractivity (Wildman–Crippen MR) is 309 cm³/mol. The Morgan fingerprint density at radius 2 is 0.831 bits per heavy atom. The third-order valence-corrected chi connectivity index (χ3v) is 15.5. The van der Waals surface area contributed by atoms with Crippen molar-refractivity contribution in [2.24, 2.45) is 0 Å². The van der Waals surface area contributed by atoms with Gasteiger partial charge in [-0.15, -0.1) is 0 Å². The van der Waals surface area contributed by atoms with Crippen LogP contribution < -0.4 is 5.32 Å². The summed E-state index contributed by atoms with van der Waals surface area (Å²) >= 11 is 0. The van der Waals surface area contributed by atoms with Crippen molar-refractivity contribution < 1.29 is 64.6 Å². The molecule has 2 aliphatic rings. The highest BCUT2D eigenvalue weighted by Crippen LogP contribution is 2.30. The molecule has 0 aromatic carbocycles. The SMILES string of the molecule is CCCCCCCC/C=C\CCCCCCCCCCCC(=O)NC(COC1OC(CO)C(OC2OC(CO)C(O)C(O)C2O)C(O)C1O)C(O)/C=C/CC/C=C/CCCCCCCCCCCCCCCCCCCC. The summed E-state index contributed by atoms with van der Waals surface area (Å²) in [7, 11) is 0. The lowest BCUT2D eigenvalue weighted by atomic mass is 9.97. The van der Waals surface area contributed by atoms with Crippen LogP contribution in [0.1, 0.15) is 264 Å². The van der Waals surface area contributed by atoms with E-state index in [4.69, 9.17) is 18.9 Å². The van der Waals surface area contributed by atoms with Crippen LogP contribution in [0.4, 0.5) is 0 Å². The number of amides is 1. The molecule has 0 aromatic rings. The zero-order valence-corrected chi connectivity index (χ0v) is 48.7. The summed E-state index contributed by atoms with van der Waals surface area (Å²) in [4.78, 5) is 13.3. The maximum Gasteiger partial charge on any atom is 0.220 e. The van der Waals surface area contributed by atoms with E-state index in [1.807, 2.05) is 6.08 Å². The summed E-state index contributed by atoms with van der Waals surface area (Å²) in [6.45, 7) is 2.80. The highest BCUT2D eigenvalue weighted by Gasteiger charge is 2.51. The van der Waals surface area contributed by atoms with Crippen LogP contribution in [0, 0.1) is 0 Å². The molecule has 0 radical (unpaired) electrons. The van der Waals surface area contributed by atoms with E-state index in [-0.39, 0.29) is 18.9 Å². The van der Waals surface area contributed by atoms with Crippen molar-refractivity contribution in [3.8, 4) is 0 Å². The Bertz CT molecular complexity index is 1430. The first-order valence-corrected chi connectivity index (χ1v) is 31.7. The van der Waals surface area contributed by atoms with Crippen molar-refractivity contribution in [1.29, 1.82) is 0 Å². The Labute approximate surface area is 468 Å². The van der Waals surface area contributed by atoms with Crippen LogP contribution in [0.3, 0.4) is 0 Å². The van der Waals surface area contributed by atoms with Crippen LogP contribution in [0.25, 0.3) is 0 Å². The van der Waals surface area contributed by atoms with Gasteiger partial charge >= 0.3 is 0 Å². The number of nitrogens with one attached hydrogen (secondary N) is 1. The summed E-state index contributed by atoms with van der Waals surface area (Å²) < 4.78 is 22.8. The van der Waals surface area contributed by atoms with E-state index in [1.165, 1.54) is 199 Å². The molecule has 0 spiro atoms. The quantitative estimate of drug-likeness (QED) is 0.0204. The van der Waals surface area contributed by atoms with Gasteiger partial charge in [0, 0.05) is 6.42 Å². The van der Waals surface area contributed by atoms with Crippen molar-refractivity contribution in [1.82, 2.24) is 5.32 Å². The number of hydrogen-bond acceptors (Lipinski definition) is 13. The Morgan fingerprint density at radius 1 is 0.455 bits per heavy atom. The summed E-state index contributed by atoms with van der Waals surface area (Å²) in [6.07, 6.45) is 43.3. The van der Waals surface area contributed by atoms with E-state index in [0.29, 0.717) is 12.8 Å². The number of carbonyl (C=O) groups is 1. The molecule has 452 valence electrons. The second-order valence-corrected chi connectivity index (χ2v) is 22.5. The summed E-state index contributed by atoms with van der Waals surface area (Å²) in [5, 5.41) is 87.2. The molecular weight excluding hydrogens is 979 g/mol. The second kappa shape index (κ2) is 48.9. The Balaban J connectivity index is 1.76. The molecule has 77 heavy (non-hydrogen) atoms.